The molecule has 320 valence electrons. The molecule has 0 bridgehead atoms. The molecule has 2 aromatic heterocycles. The number of amides is 2. The smallest absolute Gasteiger partial charge is 0.228 e. The number of nitrogens with two attached hydrogens (primary N) is 3. The molecule has 6 N–H and O–H groups in total. The van der Waals surface area contributed by atoms with Crippen LogP contribution >= 0.6 is 23.2 Å². The number of aromatic nitrogens is 4. The van der Waals surface area contributed by atoms with E-state index in [1.807, 2.05) is 55.5 Å². The van der Waals surface area contributed by atoms with Gasteiger partial charge in [-0.05, 0) is 109 Å². The second-order valence-electron chi connectivity index (χ2n) is 17.1. The van der Waals surface area contributed by atoms with Gasteiger partial charge in [0, 0.05) is 31.3 Å². The van der Waals surface area contributed by atoms with Gasteiger partial charge in [0.05, 0.1) is 32.3 Å². The fraction of sp³-hybridized carbons (Fsp3) is 0.333. The van der Waals surface area contributed by atoms with E-state index in [0.717, 1.165) is 94.9 Å². The number of nitrogens with zero attached hydrogens (tertiary/aromatic N) is 4. The summed E-state index contributed by atoms with van der Waals surface area (Å²) in [4.78, 5) is 42.3. The van der Waals surface area contributed by atoms with Gasteiger partial charge in [-0.3, -0.25) is 9.59 Å². The Morgan fingerprint density at radius 3 is 1.32 bits per heavy atom. The van der Waals surface area contributed by atoms with Gasteiger partial charge >= 0.3 is 0 Å². The molecule has 0 saturated heterocycles. The molecule has 0 aliphatic heterocycles. The van der Waals surface area contributed by atoms with E-state index in [-0.39, 0.29) is 17.9 Å². The number of benzene rings is 4. The molecule has 8 rings (SSSR count). The molecule has 0 spiro atoms. The van der Waals surface area contributed by atoms with Crippen molar-refractivity contribution in [2.24, 2.45) is 17.2 Å². The van der Waals surface area contributed by atoms with Crippen molar-refractivity contribution in [3.63, 3.8) is 0 Å². The predicted octanol–water partition coefficient (Wildman–Crippen LogP) is 9.19. The second kappa shape index (κ2) is 19.3. The molecule has 6 aromatic rings. The fourth-order valence-electron chi connectivity index (χ4n) is 8.20. The van der Waals surface area contributed by atoms with Gasteiger partial charge in [0.15, 0.2) is 0 Å². The van der Waals surface area contributed by atoms with E-state index < -0.39 is 10.8 Å². The normalized spacial score (nSPS) is 15.0. The first-order chi connectivity index (χ1) is 29.8. The lowest BCUT2D eigenvalue weighted by atomic mass is 9.88. The van der Waals surface area contributed by atoms with Gasteiger partial charge in [-0.25, -0.2) is 19.9 Å². The first-order valence-corrected chi connectivity index (χ1v) is 22.2. The van der Waals surface area contributed by atoms with Crippen LogP contribution in [0.3, 0.4) is 0 Å². The molecule has 2 aliphatic carbocycles. The highest BCUT2D eigenvalue weighted by Gasteiger charge is 2.51. The monoisotopic (exact) mass is 867 g/mol. The highest BCUT2D eigenvalue weighted by Crippen LogP contribution is 2.50. The van der Waals surface area contributed by atoms with Crippen LogP contribution in [0.5, 0.6) is 0 Å². The fourth-order valence-corrected chi connectivity index (χ4v) is 8.57. The highest BCUT2D eigenvalue weighted by atomic mass is 35.5. The summed E-state index contributed by atoms with van der Waals surface area (Å²) >= 11 is 12.8. The van der Waals surface area contributed by atoms with Gasteiger partial charge in [-0.2, -0.15) is 0 Å². The van der Waals surface area contributed by atoms with Gasteiger partial charge < -0.3 is 17.2 Å². The number of aryl methyl sites for hydroxylation is 4. The summed E-state index contributed by atoms with van der Waals surface area (Å²) in [7, 11) is 0. The van der Waals surface area contributed by atoms with E-state index in [9.17, 15) is 9.59 Å². The zero-order valence-corrected chi connectivity index (χ0v) is 37.2. The molecule has 2 aliphatic rings. The first kappa shape index (κ1) is 44.6. The average molecular weight is 869 g/mol. The van der Waals surface area contributed by atoms with Crippen molar-refractivity contribution in [3.05, 3.63) is 187 Å². The van der Waals surface area contributed by atoms with Gasteiger partial charge in [0.25, 0.3) is 0 Å². The second-order valence-corrected chi connectivity index (χ2v) is 18.0. The van der Waals surface area contributed by atoms with E-state index in [2.05, 4.69) is 72.3 Å². The largest absolute Gasteiger partial charge is 0.369 e. The SMILES string of the molecule is CC(C)c1ccc(Cc2ncc(Cl)c(CCc3ccccc3C3(C(N)=O)CC3)n2)cc1.CC(N)c1ccc(Cc2ncc(Cl)c(CCc3ccccc3C3(C(N)=O)CC3)n2)cc1. The summed E-state index contributed by atoms with van der Waals surface area (Å²) < 4.78 is 0. The quantitative estimate of drug-likeness (QED) is 0.0873. The van der Waals surface area contributed by atoms with Crippen molar-refractivity contribution >= 4 is 35.0 Å². The molecule has 4 aromatic carbocycles. The molecule has 1 unspecified atom stereocenters. The van der Waals surface area contributed by atoms with E-state index in [1.54, 1.807) is 12.4 Å². The number of carbonyl (C=O) groups excluding carboxylic acids is 2. The molecule has 9 nitrogen and oxygen atoms in total. The summed E-state index contributed by atoms with van der Waals surface area (Å²) in [5.41, 5.74) is 27.1. The summed E-state index contributed by atoms with van der Waals surface area (Å²) in [5.74, 6) is 1.54. The van der Waals surface area contributed by atoms with Crippen LogP contribution < -0.4 is 17.2 Å². The number of primary amides is 2. The number of carbonyl (C=O) groups is 2. The first-order valence-electron chi connectivity index (χ1n) is 21.5. The van der Waals surface area contributed by atoms with Crippen LogP contribution in [-0.4, -0.2) is 31.8 Å². The predicted molar refractivity (Wildman–Crippen MR) is 247 cm³/mol. The Morgan fingerprint density at radius 1 is 0.581 bits per heavy atom. The Labute approximate surface area is 374 Å². The van der Waals surface area contributed by atoms with Crippen LogP contribution in [0.25, 0.3) is 0 Å². The standard InChI is InChI=1S/C26H28ClN3O.C25H27ClN4O/c1-17(2)19-9-7-18(8-10-19)15-24-29-16-22(27)23(30-24)12-11-20-5-3-4-6-21(20)26(13-14-26)25(28)31;1-16(27)18-8-6-17(7-9-18)14-23-29-15-21(26)22(30-23)11-10-19-4-2-3-5-20(19)25(12-13-25)24(28)31/h3-10,16-17H,11-15H2,1-2H3,(H2,28,31);2-9,15-16H,10-14,27H2,1H3,(H2,28,31). The van der Waals surface area contributed by atoms with Crippen molar-refractivity contribution in [2.75, 3.05) is 0 Å². The van der Waals surface area contributed by atoms with Gasteiger partial charge in [-0.15, -0.1) is 0 Å². The Kier molecular flexibility index (Phi) is 13.9. The van der Waals surface area contributed by atoms with Gasteiger partial charge in [0.1, 0.15) is 11.6 Å². The maximum absolute atomic E-state index is 12.0. The van der Waals surface area contributed by atoms with Crippen LogP contribution in [0.2, 0.25) is 10.0 Å². The lowest BCUT2D eigenvalue weighted by molar-refractivity contribution is -0.121. The average Bonchev–Trinajstić information content (AvgIpc) is 4.21. The van der Waals surface area contributed by atoms with E-state index >= 15 is 0 Å². The van der Waals surface area contributed by atoms with Crippen LogP contribution in [0.1, 0.15) is 126 Å². The molecule has 11 heteroatoms. The van der Waals surface area contributed by atoms with E-state index in [1.165, 1.54) is 11.1 Å². The maximum atomic E-state index is 12.0. The molecule has 2 amide bonds. The van der Waals surface area contributed by atoms with Crippen LogP contribution in [0.4, 0.5) is 0 Å². The van der Waals surface area contributed by atoms with Crippen molar-refractivity contribution < 1.29 is 9.59 Å². The topological polar surface area (TPSA) is 164 Å². The van der Waals surface area contributed by atoms with Crippen molar-refractivity contribution in [1.29, 1.82) is 0 Å². The Hall–Kier alpha value is -5.48. The Bertz CT molecular complexity index is 2360. The Morgan fingerprint density at radius 2 is 0.968 bits per heavy atom. The lowest BCUT2D eigenvalue weighted by Crippen LogP contribution is -2.29. The number of halogens is 2. The molecule has 1 atom stereocenters. The lowest BCUT2D eigenvalue weighted by Gasteiger charge is -2.16. The zero-order chi connectivity index (χ0) is 44.0. The summed E-state index contributed by atoms with van der Waals surface area (Å²) in [6.07, 6.45) is 10.8. The highest BCUT2D eigenvalue weighted by molar-refractivity contribution is 6.31. The third kappa shape index (κ3) is 10.4. The zero-order valence-electron chi connectivity index (χ0n) is 35.7. The van der Waals surface area contributed by atoms with Crippen LogP contribution in [0.15, 0.2) is 109 Å². The van der Waals surface area contributed by atoms with Crippen molar-refractivity contribution in [3.8, 4) is 0 Å². The molecule has 2 fully saturated rings. The molecular formula is C51H55Cl2N7O2. The minimum atomic E-state index is -0.496. The van der Waals surface area contributed by atoms with Crippen molar-refractivity contribution in [2.45, 2.75) is 108 Å². The van der Waals surface area contributed by atoms with E-state index in [0.29, 0.717) is 41.6 Å². The minimum Gasteiger partial charge on any atom is -0.369 e. The maximum Gasteiger partial charge on any atom is 0.228 e. The molecule has 0 radical (unpaired) electrons. The number of hydrogen-bond acceptors (Lipinski definition) is 7. The summed E-state index contributed by atoms with van der Waals surface area (Å²) in [6.45, 7) is 6.35. The third-order valence-electron chi connectivity index (χ3n) is 12.4. The minimum absolute atomic E-state index is 0.0136. The van der Waals surface area contributed by atoms with Crippen LogP contribution in [0, 0.1) is 0 Å². The molecule has 2 saturated carbocycles. The van der Waals surface area contributed by atoms with Gasteiger partial charge in [-0.1, -0.05) is 134 Å². The third-order valence-corrected chi connectivity index (χ3v) is 13.0. The number of rotatable bonds is 16. The van der Waals surface area contributed by atoms with Crippen molar-refractivity contribution in [1.82, 2.24) is 19.9 Å². The number of hydrogen-bond donors (Lipinski definition) is 3. The summed E-state index contributed by atoms with van der Waals surface area (Å²) in [6, 6.07) is 33.0. The van der Waals surface area contributed by atoms with E-state index in [4.69, 9.17) is 50.4 Å². The van der Waals surface area contributed by atoms with Crippen LogP contribution in [-0.2, 0) is 58.9 Å². The molecule has 62 heavy (non-hydrogen) atoms. The molecule has 2 heterocycles. The summed E-state index contributed by atoms with van der Waals surface area (Å²) in [5, 5.41) is 1.14. The van der Waals surface area contributed by atoms with Gasteiger partial charge in [0.2, 0.25) is 11.8 Å². The molecular weight excluding hydrogens is 814 g/mol. The Balaban J connectivity index is 0.000000186.